The molecule has 0 fully saturated rings. The maximum atomic E-state index is 5.35. The fourth-order valence-electron chi connectivity index (χ4n) is 8.61. The van der Waals surface area contributed by atoms with Crippen LogP contribution in [0, 0.1) is 0 Å². The highest BCUT2D eigenvalue weighted by molar-refractivity contribution is 6.68. The Labute approximate surface area is 307 Å². The molecule has 1 aliphatic rings. The predicted octanol–water partition coefficient (Wildman–Crippen LogP) is 2.06. The summed E-state index contributed by atoms with van der Waals surface area (Å²) >= 11 is 0. The number of fused-ring (bicyclic) bond motifs is 3. The molecule has 0 bridgehead atoms. The molecule has 4 nitrogen and oxygen atoms in total. The summed E-state index contributed by atoms with van der Waals surface area (Å²) in [5.41, 5.74) is 17.7. The van der Waals surface area contributed by atoms with Gasteiger partial charge in [-0.15, -0.1) is 16.4 Å². The molecule has 2 aromatic heterocycles. The molecule has 0 radical (unpaired) electrons. The van der Waals surface area contributed by atoms with Gasteiger partial charge in [-0.3, -0.25) is 0 Å². The zero-order valence-electron chi connectivity index (χ0n) is 29.9. The average molecular weight is 658 g/mol. The molecule has 9 heteroatoms. The van der Waals surface area contributed by atoms with Crippen LogP contribution in [0.25, 0.3) is 94.7 Å². The van der Waals surface area contributed by atoms with E-state index in [9.17, 15) is 0 Å². The van der Waals surface area contributed by atoms with Crippen LogP contribution in [0.5, 0.6) is 0 Å². The molecule has 0 saturated carbocycles. The Hall–Kier alpha value is -6.07. The van der Waals surface area contributed by atoms with Crippen LogP contribution in [0.1, 0.15) is 0 Å². The molecule has 0 unspecified atom stereocenters. The van der Waals surface area contributed by atoms with Gasteiger partial charge in [-0.1, -0.05) is 114 Å². The summed E-state index contributed by atoms with van der Waals surface area (Å²) in [5, 5.41) is 5.09. The minimum absolute atomic E-state index is 0.652. The monoisotopic (exact) mass is 658 g/mol. The van der Waals surface area contributed by atoms with Crippen LogP contribution >= 0.6 is 0 Å². The van der Waals surface area contributed by atoms with Crippen molar-refractivity contribution in [3.63, 3.8) is 0 Å². The second kappa shape index (κ2) is 11.5. The van der Waals surface area contributed by atoms with Gasteiger partial charge in [0.15, 0.2) is 17.5 Å². The predicted molar refractivity (Wildman–Crippen MR) is 233 cm³/mol. The van der Waals surface area contributed by atoms with Gasteiger partial charge < -0.3 is 4.57 Å². The maximum absolute atomic E-state index is 5.35. The van der Waals surface area contributed by atoms with Gasteiger partial charge >= 0.3 is 0 Å². The highest BCUT2D eigenvalue weighted by atomic mass is 15.1. The molecule has 9 aromatic rings. The molecule has 10 rings (SSSR count). The standard InChI is InChI=1S/C43H31B5N4/c44-36-35(37(45)39(47)40(48)38(36)46)43-50-41(23-10-2-1-3-11-23)49-42(51-43)28-15-6-7-18-29(28)52-30-19-9-17-27-25-14-5-4-13-24(25)26-16-8-12-22-20-21-31(52)34(32(22)26)33(27)30/h1-21H,44-48H2. The second-order valence-electron chi connectivity index (χ2n) is 14.1. The number of aromatic nitrogens is 4. The molecule has 238 valence electrons. The van der Waals surface area contributed by atoms with Gasteiger partial charge in [0.1, 0.15) is 39.2 Å². The van der Waals surface area contributed by atoms with E-state index in [4.69, 9.17) is 15.0 Å². The van der Waals surface area contributed by atoms with Crippen LogP contribution in [-0.2, 0) is 0 Å². The van der Waals surface area contributed by atoms with Crippen molar-refractivity contribution in [3.8, 4) is 62.1 Å². The first kappa shape index (κ1) is 30.7. The van der Waals surface area contributed by atoms with Crippen molar-refractivity contribution >= 4 is 99.1 Å². The lowest BCUT2D eigenvalue weighted by Crippen LogP contribution is -2.55. The van der Waals surface area contributed by atoms with Crippen LogP contribution in [0.2, 0.25) is 0 Å². The zero-order chi connectivity index (χ0) is 35.2. The van der Waals surface area contributed by atoms with Crippen LogP contribution in [0.15, 0.2) is 127 Å². The van der Waals surface area contributed by atoms with E-state index in [2.05, 4.69) is 153 Å². The third-order valence-electron chi connectivity index (χ3n) is 11.6. The van der Waals surface area contributed by atoms with Crippen molar-refractivity contribution < 1.29 is 0 Å². The largest absolute Gasteiger partial charge is 0.308 e. The van der Waals surface area contributed by atoms with Gasteiger partial charge in [0, 0.05) is 27.5 Å². The van der Waals surface area contributed by atoms with E-state index in [1.54, 1.807) is 0 Å². The Morgan fingerprint density at radius 2 is 0.904 bits per heavy atom. The first-order chi connectivity index (χ1) is 25.4. The van der Waals surface area contributed by atoms with E-state index in [-0.39, 0.29) is 0 Å². The summed E-state index contributed by atoms with van der Waals surface area (Å²) in [6.45, 7) is 0. The van der Waals surface area contributed by atoms with E-state index >= 15 is 0 Å². The Morgan fingerprint density at radius 1 is 0.365 bits per heavy atom. The number of hydrogen-bond donors (Lipinski definition) is 0. The van der Waals surface area contributed by atoms with E-state index < -0.39 is 0 Å². The number of rotatable bonds is 4. The molecule has 0 aliphatic heterocycles. The molecule has 7 aromatic carbocycles. The number of benzene rings is 7. The Balaban J connectivity index is 1.30. The summed E-state index contributed by atoms with van der Waals surface area (Å²) in [6, 6.07) is 45.7. The van der Waals surface area contributed by atoms with Crippen molar-refractivity contribution in [2.24, 2.45) is 0 Å². The fraction of sp³-hybridized carbons (Fsp3) is 0. The van der Waals surface area contributed by atoms with E-state index in [0.29, 0.717) is 17.5 Å². The minimum atomic E-state index is 0.652. The van der Waals surface area contributed by atoms with E-state index in [1.165, 1.54) is 71.1 Å². The molecule has 0 spiro atoms. The normalized spacial score (nSPS) is 11.8. The summed E-state index contributed by atoms with van der Waals surface area (Å²) < 4.78 is 2.43. The lowest BCUT2D eigenvalue weighted by Gasteiger charge is -2.20. The van der Waals surface area contributed by atoms with Crippen LogP contribution in [0.4, 0.5) is 0 Å². The lowest BCUT2D eigenvalue weighted by atomic mass is 9.60. The number of hydrogen-bond acceptors (Lipinski definition) is 3. The summed E-state index contributed by atoms with van der Waals surface area (Å²) in [4.78, 5) is 15.8. The van der Waals surface area contributed by atoms with Crippen molar-refractivity contribution in [3.05, 3.63) is 127 Å². The maximum Gasteiger partial charge on any atom is 0.166 e. The van der Waals surface area contributed by atoms with E-state index in [1.807, 2.05) is 18.2 Å². The van der Waals surface area contributed by atoms with Crippen molar-refractivity contribution in [1.82, 2.24) is 19.5 Å². The van der Waals surface area contributed by atoms with Gasteiger partial charge in [-0.2, -0.15) is 0 Å². The van der Waals surface area contributed by atoms with Crippen LogP contribution in [0.3, 0.4) is 0 Å². The molecule has 0 amide bonds. The first-order valence-electron chi connectivity index (χ1n) is 18.0. The van der Waals surface area contributed by atoms with Gasteiger partial charge in [-0.25, -0.2) is 15.0 Å². The molecular weight excluding hydrogens is 627 g/mol. The average Bonchev–Trinajstić information content (AvgIpc) is 3.47. The summed E-state index contributed by atoms with van der Waals surface area (Å²) in [7, 11) is 11.0. The SMILES string of the molecule is Bc1c(B)c(B)c(-c2nc(-c3ccccc3)nc(-c3ccccc3-n3c4cccc5c4c4c6c(cccc6ccc43)-c3ccccc3-5)n2)c(B)c1B. The Morgan fingerprint density at radius 3 is 1.63 bits per heavy atom. The summed E-state index contributed by atoms with van der Waals surface area (Å²) in [5.74, 6) is 2.02. The lowest BCUT2D eigenvalue weighted by molar-refractivity contribution is 1.07. The molecule has 2 heterocycles. The molecule has 52 heavy (non-hydrogen) atoms. The minimum Gasteiger partial charge on any atom is -0.308 e. The van der Waals surface area contributed by atoms with E-state index in [0.717, 1.165) is 33.4 Å². The molecule has 0 N–H and O–H groups in total. The molecule has 0 atom stereocenters. The van der Waals surface area contributed by atoms with Crippen LogP contribution < -0.4 is 27.3 Å². The van der Waals surface area contributed by atoms with Gasteiger partial charge in [-0.05, 0) is 57.3 Å². The smallest absolute Gasteiger partial charge is 0.166 e. The second-order valence-corrected chi connectivity index (χ2v) is 14.1. The quantitative estimate of drug-likeness (QED) is 0.273. The Bertz CT molecular complexity index is 2940. The molecular formula is C43H31B5N4. The zero-order valence-corrected chi connectivity index (χ0v) is 29.9. The summed E-state index contributed by atoms with van der Waals surface area (Å²) in [6.07, 6.45) is 0. The van der Waals surface area contributed by atoms with Crippen molar-refractivity contribution in [1.29, 1.82) is 0 Å². The Kier molecular flexibility index (Phi) is 6.78. The third-order valence-corrected chi connectivity index (χ3v) is 11.6. The topological polar surface area (TPSA) is 43.6 Å². The number of para-hydroxylation sites is 1. The highest BCUT2D eigenvalue weighted by Gasteiger charge is 2.26. The highest BCUT2D eigenvalue weighted by Crippen LogP contribution is 2.49. The van der Waals surface area contributed by atoms with Crippen molar-refractivity contribution in [2.45, 2.75) is 0 Å². The van der Waals surface area contributed by atoms with Crippen LogP contribution in [-0.4, -0.2) is 58.8 Å². The van der Waals surface area contributed by atoms with Gasteiger partial charge in [0.05, 0.1) is 16.7 Å². The molecule has 1 aliphatic carbocycles. The fourth-order valence-corrected chi connectivity index (χ4v) is 8.61. The first-order valence-corrected chi connectivity index (χ1v) is 18.0. The van der Waals surface area contributed by atoms with Crippen molar-refractivity contribution in [2.75, 3.05) is 0 Å². The van der Waals surface area contributed by atoms with Gasteiger partial charge in [0.2, 0.25) is 0 Å². The third kappa shape index (κ3) is 4.32. The molecule has 0 saturated heterocycles. The van der Waals surface area contributed by atoms with Gasteiger partial charge in [0.25, 0.3) is 0 Å². The number of nitrogens with zero attached hydrogens (tertiary/aromatic N) is 4.